The quantitative estimate of drug-likeness (QED) is 0.762. The number of hydrogen-bond donors (Lipinski definition) is 1. The van der Waals surface area contributed by atoms with Crippen LogP contribution >= 0.6 is 27.5 Å². The molecule has 2 N–H and O–H groups in total. The van der Waals surface area contributed by atoms with Crippen LogP contribution in [-0.4, -0.2) is 14.5 Å². The van der Waals surface area contributed by atoms with Crippen molar-refractivity contribution in [1.82, 2.24) is 14.5 Å². The number of benzene rings is 1. The lowest BCUT2D eigenvalue weighted by molar-refractivity contribution is 1.06. The standard InChI is InChI=1S/C14H10BrClN4/c15-9-1-2-13(11(16)5-9)20-8-19-7-14(20)10-6-18-4-3-12(10)17/h1-8H,(H2,17,18). The predicted octanol–water partition coefficient (Wildman–Crippen LogP) is 3.93. The Kier molecular flexibility index (Phi) is 3.46. The second-order valence-electron chi connectivity index (χ2n) is 4.21. The molecule has 1 aromatic carbocycles. The van der Waals surface area contributed by atoms with Crippen LogP contribution in [-0.2, 0) is 0 Å². The minimum absolute atomic E-state index is 0.626. The maximum Gasteiger partial charge on any atom is 0.0997 e. The SMILES string of the molecule is Nc1ccncc1-c1cncn1-c1ccc(Br)cc1Cl. The van der Waals surface area contributed by atoms with Crippen LogP contribution in [0.1, 0.15) is 0 Å². The van der Waals surface area contributed by atoms with E-state index < -0.39 is 0 Å². The van der Waals surface area contributed by atoms with Crippen molar-refractivity contribution in [3.8, 4) is 16.9 Å². The lowest BCUT2D eigenvalue weighted by atomic mass is 10.2. The van der Waals surface area contributed by atoms with Crippen LogP contribution in [0.3, 0.4) is 0 Å². The minimum Gasteiger partial charge on any atom is -0.398 e. The topological polar surface area (TPSA) is 56.7 Å². The number of pyridine rings is 1. The Balaban J connectivity index is 2.18. The first-order chi connectivity index (χ1) is 9.66. The number of rotatable bonds is 2. The van der Waals surface area contributed by atoms with Gasteiger partial charge in [-0.2, -0.15) is 0 Å². The highest BCUT2D eigenvalue weighted by Gasteiger charge is 2.12. The molecule has 0 fully saturated rings. The van der Waals surface area contributed by atoms with Crippen molar-refractivity contribution < 1.29 is 0 Å². The van der Waals surface area contributed by atoms with Gasteiger partial charge in [0.1, 0.15) is 0 Å². The van der Waals surface area contributed by atoms with E-state index in [9.17, 15) is 0 Å². The summed E-state index contributed by atoms with van der Waals surface area (Å²) in [5, 5.41) is 0.626. The Morgan fingerprint density at radius 1 is 1.15 bits per heavy atom. The smallest absolute Gasteiger partial charge is 0.0997 e. The van der Waals surface area contributed by atoms with Crippen molar-refractivity contribution in [2.75, 3.05) is 5.73 Å². The molecule has 0 aliphatic carbocycles. The van der Waals surface area contributed by atoms with Crippen LogP contribution in [0, 0.1) is 0 Å². The molecular formula is C14H10BrClN4. The summed E-state index contributed by atoms with van der Waals surface area (Å²) >= 11 is 9.69. The van der Waals surface area contributed by atoms with Gasteiger partial charge in [-0.25, -0.2) is 4.98 Å². The molecule has 0 aliphatic rings. The zero-order valence-electron chi connectivity index (χ0n) is 10.3. The lowest BCUT2D eigenvalue weighted by Crippen LogP contribution is -1.99. The monoisotopic (exact) mass is 348 g/mol. The number of imidazole rings is 1. The van der Waals surface area contributed by atoms with Crippen LogP contribution in [0.25, 0.3) is 16.9 Å². The van der Waals surface area contributed by atoms with Gasteiger partial charge in [-0.05, 0) is 24.3 Å². The third-order valence-corrected chi connectivity index (χ3v) is 3.73. The third-order valence-electron chi connectivity index (χ3n) is 2.94. The fraction of sp³-hybridized carbons (Fsp3) is 0. The van der Waals surface area contributed by atoms with E-state index in [0.29, 0.717) is 10.7 Å². The van der Waals surface area contributed by atoms with Gasteiger partial charge >= 0.3 is 0 Å². The van der Waals surface area contributed by atoms with Gasteiger partial charge in [0.05, 0.1) is 28.9 Å². The fourth-order valence-electron chi connectivity index (χ4n) is 1.98. The zero-order valence-corrected chi connectivity index (χ0v) is 12.6. The second-order valence-corrected chi connectivity index (χ2v) is 5.53. The summed E-state index contributed by atoms with van der Waals surface area (Å²) in [5.41, 5.74) is 9.16. The predicted molar refractivity (Wildman–Crippen MR) is 83.9 cm³/mol. The first-order valence-electron chi connectivity index (χ1n) is 5.84. The van der Waals surface area contributed by atoms with Crippen molar-refractivity contribution in [3.05, 3.63) is 58.7 Å². The summed E-state index contributed by atoms with van der Waals surface area (Å²) in [6.07, 6.45) is 6.82. The van der Waals surface area contributed by atoms with Crippen molar-refractivity contribution in [2.45, 2.75) is 0 Å². The Labute approximate surface area is 129 Å². The van der Waals surface area contributed by atoms with E-state index in [0.717, 1.165) is 21.4 Å². The van der Waals surface area contributed by atoms with Gasteiger partial charge in [-0.1, -0.05) is 27.5 Å². The molecule has 20 heavy (non-hydrogen) atoms. The summed E-state index contributed by atoms with van der Waals surface area (Å²) in [6.45, 7) is 0. The Hall–Kier alpha value is -1.85. The first kappa shape index (κ1) is 13.1. The summed E-state index contributed by atoms with van der Waals surface area (Å²) in [7, 11) is 0. The number of halogens is 2. The molecular weight excluding hydrogens is 340 g/mol. The largest absolute Gasteiger partial charge is 0.398 e. The molecule has 3 aromatic rings. The molecule has 0 saturated heterocycles. The van der Waals surface area contributed by atoms with Gasteiger partial charge in [0, 0.05) is 28.1 Å². The molecule has 6 heteroatoms. The van der Waals surface area contributed by atoms with Gasteiger partial charge in [0.2, 0.25) is 0 Å². The van der Waals surface area contributed by atoms with E-state index in [1.165, 1.54) is 0 Å². The summed E-state index contributed by atoms with van der Waals surface area (Å²) in [5.74, 6) is 0. The van der Waals surface area contributed by atoms with E-state index in [4.69, 9.17) is 17.3 Å². The maximum atomic E-state index is 6.29. The third kappa shape index (κ3) is 2.30. The number of nitrogens with zero attached hydrogens (tertiary/aromatic N) is 3. The van der Waals surface area contributed by atoms with Gasteiger partial charge < -0.3 is 5.73 Å². The molecule has 0 saturated carbocycles. The number of anilines is 1. The van der Waals surface area contributed by atoms with E-state index in [-0.39, 0.29) is 0 Å². The molecule has 2 heterocycles. The molecule has 0 amide bonds. The first-order valence-corrected chi connectivity index (χ1v) is 7.01. The highest BCUT2D eigenvalue weighted by atomic mass is 79.9. The van der Waals surface area contributed by atoms with Crippen LogP contribution in [0.4, 0.5) is 5.69 Å². The maximum absolute atomic E-state index is 6.29. The van der Waals surface area contributed by atoms with E-state index in [1.807, 2.05) is 22.8 Å². The zero-order chi connectivity index (χ0) is 14.1. The van der Waals surface area contributed by atoms with E-state index in [2.05, 4.69) is 25.9 Å². The second kappa shape index (κ2) is 5.26. The Morgan fingerprint density at radius 3 is 2.75 bits per heavy atom. The summed E-state index contributed by atoms with van der Waals surface area (Å²) < 4.78 is 2.82. The molecule has 0 bridgehead atoms. The van der Waals surface area contributed by atoms with Crippen LogP contribution in [0.15, 0.2) is 53.7 Å². The fourth-order valence-corrected chi connectivity index (χ4v) is 2.75. The van der Waals surface area contributed by atoms with Crippen LogP contribution < -0.4 is 5.73 Å². The van der Waals surface area contributed by atoms with Crippen molar-refractivity contribution in [2.24, 2.45) is 0 Å². The Morgan fingerprint density at radius 2 is 2.00 bits per heavy atom. The average molecular weight is 350 g/mol. The molecule has 0 radical (unpaired) electrons. The van der Waals surface area contributed by atoms with Crippen molar-refractivity contribution in [1.29, 1.82) is 0 Å². The van der Waals surface area contributed by atoms with Gasteiger partial charge in [-0.15, -0.1) is 0 Å². The average Bonchev–Trinajstić information content (AvgIpc) is 2.88. The van der Waals surface area contributed by atoms with E-state index >= 15 is 0 Å². The lowest BCUT2D eigenvalue weighted by Gasteiger charge is -2.11. The van der Waals surface area contributed by atoms with Gasteiger partial charge in [-0.3, -0.25) is 9.55 Å². The highest BCUT2D eigenvalue weighted by Crippen LogP contribution is 2.31. The minimum atomic E-state index is 0.626. The van der Waals surface area contributed by atoms with Crippen molar-refractivity contribution >= 4 is 33.2 Å². The molecule has 0 atom stereocenters. The molecule has 100 valence electrons. The number of hydrogen-bond acceptors (Lipinski definition) is 3. The number of nitrogens with two attached hydrogens (primary N) is 1. The Bertz CT molecular complexity index is 769. The molecule has 3 rings (SSSR count). The van der Waals surface area contributed by atoms with Gasteiger partial charge in [0.15, 0.2) is 0 Å². The summed E-state index contributed by atoms with van der Waals surface area (Å²) in [6, 6.07) is 7.45. The van der Waals surface area contributed by atoms with Crippen molar-refractivity contribution in [3.63, 3.8) is 0 Å². The molecule has 0 spiro atoms. The van der Waals surface area contributed by atoms with Crippen LogP contribution in [0.2, 0.25) is 5.02 Å². The molecule has 2 aromatic heterocycles. The molecule has 4 nitrogen and oxygen atoms in total. The molecule has 0 unspecified atom stereocenters. The van der Waals surface area contributed by atoms with Gasteiger partial charge in [0.25, 0.3) is 0 Å². The van der Waals surface area contributed by atoms with E-state index in [1.54, 1.807) is 31.0 Å². The summed E-state index contributed by atoms with van der Waals surface area (Å²) in [4.78, 5) is 8.30. The highest BCUT2D eigenvalue weighted by molar-refractivity contribution is 9.10. The molecule has 0 aliphatic heterocycles. The van der Waals surface area contributed by atoms with Crippen LogP contribution in [0.5, 0.6) is 0 Å². The number of nitrogen functional groups attached to an aromatic ring is 1. The normalized spacial score (nSPS) is 10.7. The number of aromatic nitrogens is 3.